The Hall–Kier alpha value is -1.77. The van der Waals surface area contributed by atoms with E-state index in [2.05, 4.69) is 10.5 Å². The predicted octanol–water partition coefficient (Wildman–Crippen LogP) is 2.01. The van der Waals surface area contributed by atoms with E-state index >= 15 is 0 Å². The average molecular weight is 334 g/mol. The van der Waals surface area contributed by atoms with Crippen molar-refractivity contribution in [2.24, 2.45) is 5.92 Å². The lowest BCUT2D eigenvalue weighted by atomic mass is 10.1. The number of aromatic nitrogens is 1. The van der Waals surface area contributed by atoms with Gasteiger partial charge in [-0.1, -0.05) is 5.16 Å². The third-order valence-corrected chi connectivity index (χ3v) is 3.74. The van der Waals surface area contributed by atoms with Crippen LogP contribution in [0.25, 0.3) is 0 Å². The van der Waals surface area contributed by atoms with Gasteiger partial charge in [0.2, 0.25) is 0 Å². The lowest BCUT2D eigenvalue weighted by molar-refractivity contribution is -0.143. The molecule has 23 heavy (non-hydrogen) atoms. The molecular formula is C14H21F3N4O2. The number of nitrogens with zero attached hydrogens (tertiary/aromatic N) is 3. The van der Waals surface area contributed by atoms with Gasteiger partial charge in [0.1, 0.15) is 11.5 Å². The van der Waals surface area contributed by atoms with Crippen molar-refractivity contribution in [3.63, 3.8) is 0 Å². The summed E-state index contributed by atoms with van der Waals surface area (Å²) in [5, 5.41) is 6.57. The number of nitrogens with one attached hydrogen (secondary N) is 1. The van der Waals surface area contributed by atoms with Crippen LogP contribution in [0.2, 0.25) is 0 Å². The number of carbonyl (C=O) groups excluding carboxylic acids is 1. The van der Waals surface area contributed by atoms with Gasteiger partial charge in [-0.3, -0.25) is 4.90 Å². The molecule has 1 saturated heterocycles. The number of rotatable bonds is 5. The van der Waals surface area contributed by atoms with Crippen LogP contribution in [-0.2, 0) is 6.54 Å². The first kappa shape index (κ1) is 17.6. The minimum atomic E-state index is -4.17. The zero-order valence-corrected chi connectivity index (χ0v) is 13.2. The molecular weight excluding hydrogens is 313 g/mol. The molecule has 0 aliphatic carbocycles. The van der Waals surface area contributed by atoms with Crippen LogP contribution in [0.15, 0.2) is 10.6 Å². The number of carbonyl (C=O) groups is 1. The summed E-state index contributed by atoms with van der Waals surface area (Å²) in [6.07, 6.45) is -3.52. The van der Waals surface area contributed by atoms with Crippen LogP contribution >= 0.6 is 0 Å². The molecule has 2 heterocycles. The van der Waals surface area contributed by atoms with E-state index in [0.29, 0.717) is 44.1 Å². The molecule has 1 N–H and O–H groups in total. The Bertz CT molecular complexity index is 532. The molecule has 1 atom stereocenters. The minimum absolute atomic E-state index is 0.0454. The van der Waals surface area contributed by atoms with E-state index in [4.69, 9.17) is 4.52 Å². The molecule has 0 radical (unpaired) electrons. The van der Waals surface area contributed by atoms with E-state index in [1.807, 2.05) is 0 Å². The number of alkyl halides is 3. The molecule has 1 aliphatic rings. The normalized spacial score (nSPS) is 19.1. The lowest BCUT2D eigenvalue weighted by Crippen LogP contribution is -2.40. The lowest BCUT2D eigenvalue weighted by Gasteiger charge is -2.20. The summed E-state index contributed by atoms with van der Waals surface area (Å²) in [6, 6.07) is 1.47. The van der Waals surface area contributed by atoms with Crippen molar-refractivity contribution < 1.29 is 22.5 Å². The van der Waals surface area contributed by atoms with Crippen molar-refractivity contribution in [3.8, 4) is 0 Å². The fraction of sp³-hybridized carbons (Fsp3) is 0.714. The van der Waals surface area contributed by atoms with Gasteiger partial charge in [0, 0.05) is 26.2 Å². The van der Waals surface area contributed by atoms with E-state index in [0.717, 1.165) is 0 Å². The van der Waals surface area contributed by atoms with Crippen molar-refractivity contribution in [3.05, 3.63) is 17.5 Å². The standard InChI is InChI=1S/C14H21F3N4O2/c1-10-5-12(19-23-10)8-20(2)13(22)18-6-11-3-4-21(7-11)9-14(15,16)17/h5,11H,3-4,6-9H2,1-2H3,(H,18,22)/t11-/m1/s1. The highest BCUT2D eigenvalue weighted by Gasteiger charge is 2.34. The molecule has 0 aromatic carbocycles. The van der Waals surface area contributed by atoms with Crippen LogP contribution < -0.4 is 5.32 Å². The molecule has 130 valence electrons. The first-order valence-corrected chi connectivity index (χ1v) is 7.43. The molecule has 1 fully saturated rings. The van der Waals surface area contributed by atoms with Crippen molar-refractivity contribution in [2.75, 3.05) is 33.2 Å². The van der Waals surface area contributed by atoms with Crippen LogP contribution in [-0.4, -0.2) is 60.4 Å². The van der Waals surface area contributed by atoms with Gasteiger partial charge in [-0.25, -0.2) is 4.79 Å². The topological polar surface area (TPSA) is 61.6 Å². The summed E-state index contributed by atoms with van der Waals surface area (Å²) in [6.45, 7) is 2.33. The third-order valence-electron chi connectivity index (χ3n) is 3.74. The highest BCUT2D eigenvalue weighted by atomic mass is 19.4. The fourth-order valence-electron chi connectivity index (χ4n) is 2.65. The van der Waals surface area contributed by atoms with E-state index < -0.39 is 12.7 Å². The number of aryl methyl sites for hydroxylation is 1. The SMILES string of the molecule is Cc1cc(CN(C)C(=O)NC[C@H]2CCN(CC(F)(F)F)C2)no1. The number of amides is 2. The minimum Gasteiger partial charge on any atom is -0.361 e. The number of hydrogen-bond acceptors (Lipinski definition) is 4. The second kappa shape index (κ2) is 7.20. The Labute approximate surface area is 132 Å². The van der Waals surface area contributed by atoms with Crippen molar-refractivity contribution in [1.82, 2.24) is 20.3 Å². The summed E-state index contributed by atoms with van der Waals surface area (Å²) in [5.74, 6) is 0.716. The van der Waals surface area contributed by atoms with Gasteiger partial charge < -0.3 is 14.7 Å². The summed E-state index contributed by atoms with van der Waals surface area (Å²) >= 11 is 0. The van der Waals surface area contributed by atoms with E-state index in [-0.39, 0.29) is 11.9 Å². The summed E-state index contributed by atoms with van der Waals surface area (Å²) < 4.78 is 41.9. The summed E-state index contributed by atoms with van der Waals surface area (Å²) in [4.78, 5) is 14.8. The average Bonchev–Trinajstić information content (AvgIpc) is 3.03. The highest BCUT2D eigenvalue weighted by molar-refractivity contribution is 5.73. The smallest absolute Gasteiger partial charge is 0.361 e. The molecule has 0 bridgehead atoms. The maximum Gasteiger partial charge on any atom is 0.401 e. The van der Waals surface area contributed by atoms with Crippen molar-refractivity contribution >= 4 is 6.03 Å². The number of halogens is 3. The van der Waals surface area contributed by atoms with E-state index in [9.17, 15) is 18.0 Å². The Kier molecular flexibility index (Phi) is 5.51. The Morgan fingerprint density at radius 1 is 1.57 bits per heavy atom. The Morgan fingerprint density at radius 2 is 2.30 bits per heavy atom. The van der Waals surface area contributed by atoms with Crippen LogP contribution in [0.5, 0.6) is 0 Å². The van der Waals surface area contributed by atoms with Gasteiger partial charge >= 0.3 is 12.2 Å². The monoisotopic (exact) mass is 334 g/mol. The first-order chi connectivity index (χ1) is 10.7. The number of urea groups is 1. The van der Waals surface area contributed by atoms with Crippen molar-refractivity contribution in [2.45, 2.75) is 26.1 Å². The molecule has 0 unspecified atom stereocenters. The molecule has 9 heteroatoms. The van der Waals surface area contributed by atoms with E-state index in [1.165, 1.54) is 9.80 Å². The first-order valence-electron chi connectivity index (χ1n) is 7.43. The second-order valence-electron chi connectivity index (χ2n) is 5.98. The summed E-state index contributed by atoms with van der Waals surface area (Å²) in [5.41, 5.74) is 0.650. The Morgan fingerprint density at radius 3 is 2.91 bits per heavy atom. The predicted molar refractivity (Wildman–Crippen MR) is 76.7 cm³/mol. The summed E-state index contributed by atoms with van der Waals surface area (Å²) in [7, 11) is 1.63. The quantitative estimate of drug-likeness (QED) is 0.895. The molecule has 2 amide bonds. The van der Waals surface area contributed by atoms with Crippen molar-refractivity contribution in [1.29, 1.82) is 0 Å². The molecule has 6 nitrogen and oxygen atoms in total. The zero-order chi connectivity index (χ0) is 17.0. The maximum absolute atomic E-state index is 12.3. The molecule has 1 aromatic heterocycles. The van der Waals surface area contributed by atoms with Gasteiger partial charge in [-0.15, -0.1) is 0 Å². The molecule has 1 aromatic rings. The van der Waals surface area contributed by atoms with Gasteiger partial charge in [0.15, 0.2) is 0 Å². The van der Waals surface area contributed by atoms with E-state index in [1.54, 1.807) is 20.0 Å². The molecule has 0 saturated carbocycles. The van der Waals surface area contributed by atoms with Crippen LogP contribution in [0.3, 0.4) is 0 Å². The zero-order valence-electron chi connectivity index (χ0n) is 13.2. The number of hydrogen-bond donors (Lipinski definition) is 1. The molecule has 0 spiro atoms. The molecule has 1 aliphatic heterocycles. The third kappa shape index (κ3) is 5.74. The Balaban J connectivity index is 1.70. The van der Waals surface area contributed by atoms with Gasteiger partial charge in [-0.05, 0) is 25.8 Å². The molecule has 2 rings (SSSR count). The highest BCUT2D eigenvalue weighted by Crippen LogP contribution is 2.22. The van der Waals surface area contributed by atoms with Crippen LogP contribution in [0.4, 0.5) is 18.0 Å². The van der Waals surface area contributed by atoms with Gasteiger partial charge in [0.25, 0.3) is 0 Å². The largest absolute Gasteiger partial charge is 0.401 e. The second-order valence-corrected chi connectivity index (χ2v) is 5.98. The van der Waals surface area contributed by atoms with Crippen LogP contribution in [0.1, 0.15) is 17.9 Å². The van der Waals surface area contributed by atoms with Crippen LogP contribution in [0, 0.1) is 12.8 Å². The van der Waals surface area contributed by atoms with Gasteiger partial charge in [-0.2, -0.15) is 13.2 Å². The fourth-order valence-corrected chi connectivity index (χ4v) is 2.65. The maximum atomic E-state index is 12.3. The van der Waals surface area contributed by atoms with Gasteiger partial charge in [0.05, 0.1) is 13.1 Å². The number of likely N-dealkylation sites (tertiary alicyclic amines) is 1.